The maximum atomic E-state index is 13.0. The van der Waals surface area contributed by atoms with Crippen LogP contribution in [0.1, 0.15) is 18.1 Å². The molecule has 202 valence electrons. The molecule has 0 radical (unpaired) electrons. The van der Waals surface area contributed by atoms with Gasteiger partial charge in [-0.05, 0) is 66.2 Å². The minimum atomic E-state index is -0.591. The van der Waals surface area contributed by atoms with Crippen molar-refractivity contribution in [2.75, 3.05) is 25.6 Å². The number of hydrogen-bond donors (Lipinski definition) is 1. The van der Waals surface area contributed by atoms with Crippen molar-refractivity contribution in [1.82, 2.24) is 4.90 Å². The first-order valence-electron chi connectivity index (χ1n) is 11.8. The number of nitrogens with zero attached hydrogens (tertiary/aromatic N) is 1. The molecular formula is C28H24Cl2N2O6S. The van der Waals surface area contributed by atoms with Gasteiger partial charge in [-0.15, -0.1) is 0 Å². The van der Waals surface area contributed by atoms with Crippen LogP contribution in [-0.4, -0.2) is 42.2 Å². The molecule has 11 heteroatoms. The number of benzene rings is 3. The summed E-state index contributed by atoms with van der Waals surface area (Å²) < 4.78 is 16.8. The van der Waals surface area contributed by atoms with Crippen LogP contribution in [-0.2, 0) is 16.2 Å². The second-order valence-corrected chi connectivity index (χ2v) is 10.0. The summed E-state index contributed by atoms with van der Waals surface area (Å²) in [4.78, 5) is 39.1. The summed E-state index contributed by atoms with van der Waals surface area (Å²) >= 11 is 13.3. The lowest BCUT2D eigenvalue weighted by Gasteiger charge is -2.15. The summed E-state index contributed by atoms with van der Waals surface area (Å²) in [7, 11) is 1.48. The molecule has 3 aromatic carbocycles. The number of halogens is 2. The van der Waals surface area contributed by atoms with E-state index in [1.165, 1.54) is 19.3 Å². The van der Waals surface area contributed by atoms with Gasteiger partial charge in [0.1, 0.15) is 18.9 Å². The van der Waals surface area contributed by atoms with E-state index in [2.05, 4.69) is 5.32 Å². The number of imide groups is 1. The van der Waals surface area contributed by atoms with Crippen LogP contribution in [0.4, 0.5) is 10.5 Å². The normalized spacial score (nSPS) is 14.1. The van der Waals surface area contributed by atoms with Crippen molar-refractivity contribution in [3.05, 3.63) is 86.7 Å². The lowest BCUT2D eigenvalue weighted by molar-refractivity contribution is -0.127. The first kappa shape index (κ1) is 28.4. The Labute approximate surface area is 239 Å². The van der Waals surface area contributed by atoms with Crippen LogP contribution in [0.5, 0.6) is 17.2 Å². The summed E-state index contributed by atoms with van der Waals surface area (Å²) in [5.74, 6) is 0.0915. The highest BCUT2D eigenvalue weighted by Crippen LogP contribution is 2.39. The Balaban J connectivity index is 1.47. The van der Waals surface area contributed by atoms with Gasteiger partial charge in [0, 0.05) is 5.69 Å². The number of nitrogens with one attached hydrogen (secondary N) is 1. The van der Waals surface area contributed by atoms with Crippen molar-refractivity contribution in [2.45, 2.75) is 13.5 Å². The number of hydrogen-bond acceptors (Lipinski definition) is 7. The fourth-order valence-electron chi connectivity index (χ4n) is 3.68. The molecule has 3 aromatic rings. The molecule has 1 heterocycles. The fourth-order valence-corrected chi connectivity index (χ4v) is 5.05. The summed E-state index contributed by atoms with van der Waals surface area (Å²) in [5.41, 5.74) is 1.91. The van der Waals surface area contributed by atoms with Gasteiger partial charge in [-0.25, -0.2) is 0 Å². The monoisotopic (exact) mass is 586 g/mol. The second kappa shape index (κ2) is 12.9. The van der Waals surface area contributed by atoms with Gasteiger partial charge in [-0.2, -0.15) is 0 Å². The minimum absolute atomic E-state index is 0.150. The third kappa shape index (κ3) is 7.06. The average Bonchev–Trinajstić information content (AvgIpc) is 3.16. The molecule has 0 aromatic heterocycles. The van der Waals surface area contributed by atoms with Gasteiger partial charge in [0.15, 0.2) is 11.5 Å². The largest absolute Gasteiger partial charge is 0.495 e. The summed E-state index contributed by atoms with van der Waals surface area (Å²) in [6.07, 6.45) is 1.53. The van der Waals surface area contributed by atoms with Crippen LogP contribution in [0.15, 0.2) is 65.6 Å². The molecule has 1 aliphatic heterocycles. The first-order valence-corrected chi connectivity index (χ1v) is 13.4. The quantitative estimate of drug-likeness (QED) is 0.265. The van der Waals surface area contributed by atoms with Gasteiger partial charge >= 0.3 is 0 Å². The van der Waals surface area contributed by atoms with E-state index in [0.29, 0.717) is 51.8 Å². The maximum Gasteiger partial charge on any atom is 0.294 e. The molecule has 0 unspecified atom stereocenters. The topological polar surface area (TPSA) is 94.2 Å². The molecule has 4 rings (SSSR count). The average molecular weight is 587 g/mol. The lowest BCUT2D eigenvalue weighted by atomic mass is 10.1. The maximum absolute atomic E-state index is 13.0. The van der Waals surface area contributed by atoms with Crippen LogP contribution >= 0.6 is 35.0 Å². The number of carbonyl (C=O) groups excluding carboxylic acids is 3. The smallest absolute Gasteiger partial charge is 0.294 e. The molecule has 39 heavy (non-hydrogen) atoms. The molecule has 1 aliphatic rings. The number of amides is 3. The Kier molecular flexibility index (Phi) is 9.40. The van der Waals surface area contributed by atoms with Gasteiger partial charge < -0.3 is 19.5 Å². The van der Waals surface area contributed by atoms with Crippen LogP contribution in [0.3, 0.4) is 0 Å². The predicted octanol–water partition coefficient (Wildman–Crippen LogP) is 6.65. The second-order valence-electron chi connectivity index (χ2n) is 8.20. The standard InChI is InChI=1S/C28H24Cl2N2O6S/c1-3-37-23-12-18(11-21(30)26(23)38-16-17-7-5-4-6-8-17)13-24-27(34)32(28(35)39-24)15-25(33)31-19-9-10-22(36-2)20(29)14-19/h4-14H,3,15-16H2,1-2H3,(H,31,33)/b24-13-. The van der Waals surface area contributed by atoms with Crippen LogP contribution in [0, 0.1) is 0 Å². The van der Waals surface area contributed by atoms with Crippen LogP contribution in [0.25, 0.3) is 6.08 Å². The minimum Gasteiger partial charge on any atom is -0.495 e. The van der Waals surface area contributed by atoms with Crippen molar-refractivity contribution in [3.63, 3.8) is 0 Å². The number of carbonyl (C=O) groups is 3. The zero-order valence-corrected chi connectivity index (χ0v) is 23.4. The van der Waals surface area contributed by atoms with E-state index in [1.807, 2.05) is 37.3 Å². The molecule has 3 amide bonds. The van der Waals surface area contributed by atoms with Crippen molar-refractivity contribution in [1.29, 1.82) is 0 Å². The summed E-state index contributed by atoms with van der Waals surface area (Å²) in [6, 6.07) is 17.6. The Morgan fingerprint density at radius 2 is 1.77 bits per heavy atom. The Bertz CT molecular complexity index is 1430. The third-order valence-electron chi connectivity index (χ3n) is 5.47. The third-order valence-corrected chi connectivity index (χ3v) is 6.95. The van der Waals surface area contributed by atoms with Gasteiger partial charge in [-0.3, -0.25) is 19.3 Å². The number of methoxy groups -OCH3 is 1. The van der Waals surface area contributed by atoms with Crippen LogP contribution in [0.2, 0.25) is 10.0 Å². The van der Waals surface area contributed by atoms with Crippen LogP contribution < -0.4 is 19.5 Å². The zero-order chi connectivity index (χ0) is 27.9. The molecular weight excluding hydrogens is 563 g/mol. The van der Waals surface area contributed by atoms with E-state index in [0.717, 1.165) is 22.2 Å². The number of anilines is 1. The molecule has 0 spiro atoms. The molecule has 1 fully saturated rings. The predicted molar refractivity (Wildman–Crippen MR) is 153 cm³/mol. The van der Waals surface area contributed by atoms with E-state index in [1.54, 1.807) is 24.3 Å². The lowest BCUT2D eigenvalue weighted by Crippen LogP contribution is -2.36. The van der Waals surface area contributed by atoms with E-state index in [9.17, 15) is 14.4 Å². The van der Waals surface area contributed by atoms with Crippen molar-refractivity contribution in [2.24, 2.45) is 0 Å². The Hall–Kier alpha value is -3.66. The van der Waals surface area contributed by atoms with Gasteiger partial charge in [0.05, 0.1) is 28.7 Å². The highest BCUT2D eigenvalue weighted by atomic mass is 35.5. The van der Waals surface area contributed by atoms with Crippen molar-refractivity contribution in [3.8, 4) is 17.2 Å². The molecule has 1 saturated heterocycles. The summed E-state index contributed by atoms with van der Waals surface area (Å²) in [6.45, 7) is 2.04. The molecule has 0 saturated carbocycles. The number of ether oxygens (including phenoxy) is 3. The zero-order valence-electron chi connectivity index (χ0n) is 21.0. The van der Waals surface area contributed by atoms with Crippen molar-refractivity contribution >= 4 is 63.8 Å². The van der Waals surface area contributed by atoms with E-state index in [-0.39, 0.29) is 4.91 Å². The molecule has 0 bridgehead atoms. The Morgan fingerprint density at radius 3 is 2.46 bits per heavy atom. The van der Waals surface area contributed by atoms with E-state index in [4.69, 9.17) is 37.4 Å². The van der Waals surface area contributed by atoms with E-state index >= 15 is 0 Å². The molecule has 1 N–H and O–H groups in total. The highest BCUT2D eigenvalue weighted by Gasteiger charge is 2.36. The summed E-state index contributed by atoms with van der Waals surface area (Å²) in [5, 5.41) is 2.66. The Morgan fingerprint density at radius 1 is 1.00 bits per heavy atom. The SMILES string of the molecule is CCOc1cc(/C=C2\SC(=O)N(CC(=O)Nc3ccc(OC)c(Cl)c3)C2=O)cc(Cl)c1OCc1ccccc1. The van der Waals surface area contributed by atoms with Gasteiger partial charge in [0.2, 0.25) is 5.91 Å². The van der Waals surface area contributed by atoms with Gasteiger partial charge in [0.25, 0.3) is 11.1 Å². The molecule has 8 nitrogen and oxygen atoms in total. The van der Waals surface area contributed by atoms with E-state index < -0.39 is 23.6 Å². The van der Waals surface area contributed by atoms with Crippen molar-refractivity contribution < 1.29 is 28.6 Å². The molecule has 0 atom stereocenters. The number of rotatable bonds is 10. The van der Waals surface area contributed by atoms with Gasteiger partial charge in [-0.1, -0.05) is 53.5 Å². The number of thioether (sulfide) groups is 1. The first-order chi connectivity index (χ1) is 18.8. The fraction of sp³-hybridized carbons (Fsp3) is 0.179. The molecule has 0 aliphatic carbocycles. The highest BCUT2D eigenvalue weighted by molar-refractivity contribution is 8.18.